The van der Waals surface area contributed by atoms with Crippen molar-refractivity contribution in [1.82, 2.24) is 24.7 Å². The van der Waals surface area contributed by atoms with Crippen LogP contribution in [0.5, 0.6) is 0 Å². The van der Waals surface area contributed by atoms with Gasteiger partial charge in [0.05, 0.1) is 0 Å². The Hall–Kier alpha value is -2.96. The lowest BCUT2D eigenvalue weighted by molar-refractivity contribution is -0.130. The molecule has 7 heteroatoms. The first-order chi connectivity index (χ1) is 14.2. The summed E-state index contributed by atoms with van der Waals surface area (Å²) in [5.74, 6) is 3.14. The van der Waals surface area contributed by atoms with Gasteiger partial charge in [0.1, 0.15) is 5.82 Å². The van der Waals surface area contributed by atoms with E-state index in [-0.39, 0.29) is 0 Å². The minimum atomic E-state index is 0.307. The Kier molecular flexibility index (Phi) is 4.66. The lowest BCUT2D eigenvalue weighted by Gasteiger charge is -2.22. The van der Waals surface area contributed by atoms with Crippen LogP contribution in [0.4, 0.5) is 5.82 Å². The summed E-state index contributed by atoms with van der Waals surface area (Å²) in [5, 5.41) is 12.9. The Bertz CT molecular complexity index is 1000. The van der Waals surface area contributed by atoms with Crippen LogP contribution in [0.25, 0.3) is 5.65 Å². The van der Waals surface area contributed by atoms with Crippen LogP contribution in [-0.2, 0) is 11.2 Å². The third-order valence-corrected chi connectivity index (χ3v) is 6.27. The molecule has 7 nitrogen and oxygen atoms in total. The molecule has 4 heterocycles. The molecule has 2 atom stereocenters. The molecule has 1 aromatic carbocycles. The highest BCUT2D eigenvalue weighted by atomic mass is 16.2. The van der Waals surface area contributed by atoms with Gasteiger partial charge in [-0.1, -0.05) is 30.3 Å². The quantitative estimate of drug-likeness (QED) is 0.669. The first kappa shape index (κ1) is 18.1. The molecular formula is C22H26N6O. The molecule has 2 aromatic heterocycles. The SMILES string of the molecule is Cc1nnc2ccc(N3CC4CN(C(=O)CCCc5ccccc5)CC4C3)nn12. The molecule has 5 rings (SSSR count). The standard InChI is InChI=1S/C22H26N6O/c1-16-23-24-20-10-11-21(25-28(16)20)26-12-18-14-27(15-19(18)13-26)22(29)9-5-8-17-6-3-2-4-7-17/h2-4,6-7,10-11,18-19H,5,8-9,12-15H2,1H3. The monoisotopic (exact) mass is 390 g/mol. The van der Waals surface area contributed by atoms with Gasteiger partial charge in [0, 0.05) is 44.4 Å². The van der Waals surface area contributed by atoms with Gasteiger partial charge in [0.2, 0.25) is 5.91 Å². The summed E-state index contributed by atoms with van der Waals surface area (Å²) in [6, 6.07) is 14.4. The molecule has 2 aliphatic heterocycles. The predicted octanol–water partition coefficient (Wildman–Crippen LogP) is 2.35. The molecule has 0 aliphatic carbocycles. The Balaban J connectivity index is 1.15. The number of hydrogen-bond acceptors (Lipinski definition) is 5. The number of aryl methyl sites for hydroxylation is 2. The van der Waals surface area contributed by atoms with Gasteiger partial charge in [-0.2, -0.15) is 4.52 Å². The van der Waals surface area contributed by atoms with E-state index in [9.17, 15) is 4.79 Å². The summed E-state index contributed by atoms with van der Waals surface area (Å²) in [6.07, 6.45) is 2.53. The molecule has 0 N–H and O–H groups in total. The van der Waals surface area contributed by atoms with Crippen LogP contribution >= 0.6 is 0 Å². The summed E-state index contributed by atoms with van der Waals surface area (Å²) in [4.78, 5) is 17.1. The molecule has 29 heavy (non-hydrogen) atoms. The average molecular weight is 390 g/mol. The smallest absolute Gasteiger partial charge is 0.222 e. The van der Waals surface area contributed by atoms with Crippen LogP contribution < -0.4 is 4.90 Å². The van der Waals surface area contributed by atoms with E-state index in [1.807, 2.05) is 25.1 Å². The maximum Gasteiger partial charge on any atom is 0.222 e. The number of carbonyl (C=O) groups is 1. The molecule has 2 fully saturated rings. The number of carbonyl (C=O) groups excluding carboxylic acids is 1. The third kappa shape index (κ3) is 3.57. The zero-order valence-electron chi connectivity index (χ0n) is 16.7. The highest BCUT2D eigenvalue weighted by Gasteiger charge is 2.41. The van der Waals surface area contributed by atoms with E-state index in [0.717, 1.165) is 56.3 Å². The van der Waals surface area contributed by atoms with Crippen LogP contribution in [0.3, 0.4) is 0 Å². The largest absolute Gasteiger partial charge is 0.354 e. The van der Waals surface area contributed by atoms with Gasteiger partial charge in [-0.25, -0.2) is 0 Å². The van der Waals surface area contributed by atoms with Crippen LogP contribution in [0.1, 0.15) is 24.2 Å². The molecule has 150 valence electrons. The number of aromatic nitrogens is 4. The Morgan fingerprint density at radius 1 is 1.00 bits per heavy atom. The molecule has 2 unspecified atom stereocenters. The Labute approximate surface area is 170 Å². The van der Waals surface area contributed by atoms with Crippen molar-refractivity contribution in [3.63, 3.8) is 0 Å². The number of benzene rings is 1. The van der Waals surface area contributed by atoms with E-state index in [1.54, 1.807) is 4.52 Å². The molecule has 2 saturated heterocycles. The van der Waals surface area contributed by atoms with Crippen molar-refractivity contribution >= 4 is 17.4 Å². The number of anilines is 1. The second-order valence-electron chi connectivity index (χ2n) is 8.27. The Morgan fingerprint density at radius 2 is 1.76 bits per heavy atom. The van der Waals surface area contributed by atoms with Crippen LogP contribution in [0.15, 0.2) is 42.5 Å². The van der Waals surface area contributed by atoms with Gasteiger partial charge >= 0.3 is 0 Å². The number of amides is 1. The fraction of sp³-hybridized carbons (Fsp3) is 0.455. The summed E-state index contributed by atoms with van der Waals surface area (Å²) in [5.41, 5.74) is 2.08. The lowest BCUT2D eigenvalue weighted by Crippen LogP contribution is -2.33. The van der Waals surface area contributed by atoms with Crippen LogP contribution in [0, 0.1) is 18.8 Å². The van der Waals surface area contributed by atoms with Crippen LogP contribution in [-0.4, -0.2) is 56.8 Å². The van der Waals surface area contributed by atoms with Gasteiger partial charge in [0.15, 0.2) is 11.5 Å². The van der Waals surface area contributed by atoms with Crippen molar-refractivity contribution in [2.75, 3.05) is 31.1 Å². The highest BCUT2D eigenvalue weighted by molar-refractivity contribution is 5.76. The summed E-state index contributed by atoms with van der Waals surface area (Å²) in [6.45, 7) is 5.57. The normalized spacial score (nSPS) is 21.1. The summed E-state index contributed by atoms with van der Waals surface area (Å²) < 4.78 is 1.80. The van der Waals surface area contributed by atoms with Gasteiger partial charge in [-0.05, 0) is 37.5 Å². The number of rotatable bonds is 5. The fourth-order valence-corrected chi connectivity index (χ4v) is 4.69. The fourth-order valence-electron chi connectivity index (χ4n) is 4.69. The number of fused-ring (bicyclic) bond motifs is 2. The van der Waals surface area contributed by atoms with E-state index in [0.29, 0.717) is 24.2 Å². The summed E-state index contributed by atoms with van der Waals surface area (Å²) in [7, 11) is 0. The average Bonchev–Trinajstić information content (AvgIpc) is 3.42. The van der Waals surface area contributed by atoms with Crippen molar-refractivity contribution in [2.45, 2.75) is 26.2 Å². The molecule has 2 aliphatic rings. The van der Waals surface area contributed by atoms with E-state index in [1.165, 1.54) is 5.56 Å². The minimum absolute atomic E-state index is 0.307. The molecule has 0 bridgehead atoms. The molecular weight excluding hydrogens is 364 g/mol. The highest BCUT2D eigenvalue weighted by Crippen LogP contribution is 2.33. The van der Waals surface area contributed by atoms with Gasteiger partial charge in [-0.15, -0.1) is 15.3 Å². The van der Waals surface area contributed by atoms with Gasteiger partial charge < -0.3 is 9.80 Å². The van der Waals surface area contributed by atoms with Gasteiger partial charge in [0.25, 0.3) is 0 Å². The first-order valence-electron chi connectivity index (χ1n) is 10.4. The van der Waals surface area contributed by atoms with Gasteiger partial charge in [-0.3, -0.25) is 4.79 Å². The van der Waals surface area contributed by atoms with Crippen molar-refractivity contribution in [1.29, 1.82) is 0 Å². The topological polar surface area (TPSA) is 66.6 Å². The molecule has 0 saturated carbocycles. The molecule has 3 aromatic rings. The maximum absolute atomic E-state index is 12.7. The zero-order chi connectivity index (χ0) is 19.8. The number of nitrogens with zero attached hydrogens (tertiary/aromatic N) is 6. The molecule has 1 amide bonds. The third-order valence-electron chi connectivity index (χ3n) is 6.27. The maximum atomic E-state index is 12.7. The van der Waals surface area contributed by atoms with E-state index in [2.05, 4.69) is 44.3 Å². The second kappa shape index (κ2) is 7.46. The van der Waals surface area contributed by atoms with Crippen molar-refractivity contribution < 1.29 is 4.79 Å². The predicted molar refractivity (Wildman–Crippen MR) is 111 cm³/mol. The number of likely N-dealkylation sites (tertiary alicyclic amines) is 1. The minimum Gasteiger partial charge on any atom is -0.354 e. The van der Waals surface area contributed by atoms with E-state index < -0.39 is 0 Å². The van der Waals surface area contributed by atoms with Crippen molar-refractivity contribution in [3.05, 3.63) is 53.9 Å². The Morgan fingerprint density at radius 3 is 2.52 bits per heavy atom. The van der Waals surface area contributed by atoms with Crippen LogP contribution in [0.2, 0.25) is 0 Å². The summed E-state index contributed by atoms with van der Waals surface area (Å²) >= 11 is 0. The van der Waals surface area contributed by atoms with E-state index in [4.69, 9.17) is 5.10 Å². The second-order valence-corrected chi connectivity index (χ2v) is 8.27. The van der Waals surface area contributed by atoms with E-state index >= 15 is 0 Å². The van der Waals surface area contributed by atoms with Crippen molar-refractivity contribution in [2.24, 2.45) is 11.8 Å². The van der Waals surface area contributed by atoms with Crippen molar-refractivity contribution in [3.8, 4) is 0 Å². The molecule has 0 radical (unpaired) electrons. The molecule has 0 spiro atoms. The number of hydrogen-bond donors (Lipinski definition) is 0. The first-order valence-corrected chi connectivity index (χ1v) is 10.4. The lowest BCUT2D eigenvalue weighted by atomic mass is 10.0. The zero-order valence-corrected chi connectivity index (χ0v) is 16.7.